The van der Waals surface area contributed by atoms with Crippen molar-refractivity contribution in [3.63, 3.8) is 0 Å². The van der Waals surface area contributed by atoms with Gasteiger partial charge in [0.1, 0.15) is 17.7 Å². The SMILES string of the molecule is C(#Cc1ncnc2[nH]ccc12)c1ccccc1-c1cccs1. The van der Waals surface area contributed by atoms with E-state index in [-0.39, 0.29) is 0 Å². The molecule has 22 heavy (non-hydrogen) atoms. The number of H-pyrrole nitrogens is 1. The summed E-state index contributed by atoms with van der Waals surface area (Å²) >= 11 is 1.72. The van der Waals surface area contributed by atoms with Gasteiger partial charge in [-0.2, -0.15) is 0 Å². The monoisotopic (exact) mass is 301 g/mol. The van der Waals surface area contributed by atoms with E-state index in [0.29, 0.717) is 0 Å². The Morgan fingerprint density at radius 3 is 2.82 bits per heavy atom. The molecule has 104 valence electrons. The molecule has 4 heteroatoms. The largest absolute Gasteiger partial charge is 0.346 e. The van der Waals surface area contributed by atoms with Gasteiger partial charge in [-0.25, -0.2) is 9.97 Å². The van der Waals surface area contributed by atoms with E-state index in [2.05, 4.69) is 50.4 Å². The maximum absolute atomic E-state index is 4.28. The van der Waals surface area contributed by atoms with Gasteiger partial charge in [0.05, 0.1) is 5.39 Å². The number of rotatable bonds is 1. The molecule has 0 saturated carbocycles. The first-order chi connectivity index (χ1) is 10.9. The van der Waals surface area contributed by atoms with Crippen LogP contribution in [0.2, 0.25) is 0 Å². The maximum Gasteiger partial charge on any atom is 0.141 e. The average Bonchev–Trinajstić information content (AvgIpc) is 3.24. The summed E-state index contributed by atoms with van der Waals surface area (Å²) < 4.78 is 0. The zero-order valence-electron chi connectivity index (χ0n) is 11.6. The van der Waals surface area contributed by atoms with Gasteiger partial charge in [-0.15, -0.1) is 11.3 Å². The summed E-state index contributed by atoms with van der Waals surface area (Å²) in [6.07, 6.45) is 3.39. The number of nitrogens with one attached hydrogen (secondary N) is 1. The lowest BCUT2D eigenvalue weighted by Gasteiger charge is -2.00. The molecule has 0 fully saturated rings. The normalized spacial score (nSPS) is 10.4. The second-order valence-electron chi connectivity index (χ2n) is 4.74. The molecule has 3 nitrogen and oxygen atoms in total. The lowest BCUT2D eigenvalue weighted by atomic mass is 10.1. The van der Waals surface area contributed by atoms with Gasteiger partial charge < -0.3 is 4.98 Å². The molecule has 0 unspecified atom stereocenters. The van der Waals surface area contributed by atoms with E-state index in [4.69, 9.17) is 0 Å². The number of hydrogen-bond acceptors (Lipinski definition) is 3. The Balaban J connectivity index is 1.81. The molecule has 3 aromatic heterocycles. The van der Waals surface area contributed by atoms with Crippen molar-refractivity contribution in [2.45, 2.75) is 0 Å². The summed E-state index contributed by atoms with van der Waals surface area (Å²) in [5.41, 5.74) is 3.72. The zero-order chi connectivity index (χ0) is 14.8. The van der Waals surface area contributed by atoms with E-state index in [0.717, 1.165) is 27.9 Å². The highest BCUT2D eigenvalue weighted by atomic mass is 32.1. The fourth-order valence-corrected chi connectivity index (χ4v) is 3.10. The second-order valence-corrected chi connectivity index (χ2v) is 5.68. The topological polar surface area (TPSA) is 41.6 Å². The smallest absolute Gasteiger partial charge is 0.141 e. The molecule has 0 aliphatic carbocycles. The number of hydrogen-bond donors (Lipinski definition) is 1. The fourth-order valence-electron chi connectivity index (χ4n) is 2.34. The summed E-state index contributed by atoms with van der Waals surface area (Å²) in [5, 5.41) is 3.02. The minimum Gasteiger partial charge on any atom is -0.346 e. The number of thiophene rings is 1. The first kappa shape index (κ1) is 12.8. The second kappa shape index (κ2) is 5.47. The highest BCUT2D eigenvalue weighted by molar-refractivity contribution is 7.13. The van der Waals surface area contributed by atoms with Crippen molar-refractivity contribution in [1.82, 2.24) is 15.0 Å². The van der Waals surface area contributed by atoms with Gasteiger partial charge in [-0.1, -0.05) is 30.2 Å². The van der Waals surface area contributed by atoms with Crippen LogP contribution in [0.15, 0.2) is 60.4 Å². The lowest BCUT2D eigenvalue weighted by molar-refractivity contribution is 1.18. The summed E-state index contributed by atoms with van der Waals surface area (Å²) in [6.45, 7) is 0. The quantitative estimate of drug-likeness (QED) is 0.538. The highest BCUT2D eigenvalue weighted by Crippen LogP contribution is 2.27. The van der Waals surface area contributed by atoms with Crippen LogP contribution >= 0.6 is 11.3 Å². The Bertz CT molecular complexity index is 988. The zero-order valence-corrected chi connectivity index (χ0v) is 12.4. The van der Waals surface area contributed by atoms with Crippen LogP contribution in [-0.2, 0) is 0 Å². The van der Waals surface area contributed by atoms with Gasteiger partial charge >= 0.3 is 0 Å². The molecular weight excluding hydrogens is 290 g/mol. The molecule has 3 heterocycles. The number of aromatic amines is 1. The van der Waals surface area contributed by atoms with E-state index in [9.17, 15) is 0 Å². The van der Waals surface area contributed by atoms with Crippen molar-refractivity contribution < 1.29 is 0 Å². The highest BCUT2D eigenvalue weighted by Gasteiger charge is 2.04. The molecule has 1 aromatic carbocycles. The number of benzene rings is 1. The van der Waals surface area contributed by atoms with Crippen LogP contribution in [0.25, 0.3) is 21.5 Å². The van der Waals surface area contributed by atoms with Crippen LogP contribution in [0, 0.1) is 11.8 Å². The predicted octanol–water partition coefficient (Wildman–Crippen LogP) is 4.09. The molecule has 1 N–H and O–H groups in total. The molecule has 0 spiro atoms. The summed E-state index contributed by atoms with van der Waals surface area (Å²) in [6, 6.07) is 14.3. The van der Waals surface area contributed by atoms with Crippen LogP contribution in [-0.4, -0.2) is 15.0 Å². The predicted molar refractivity (Wildman–Crippen MR) is 89.6 cm³/mol. The van der Waals surface area contributed by atoms with Crippen LogP contribution in [0.5, 0.6) is 0 Å². The van der Waals surface area contributed by atoms with Crippen LogP contribution in [0.1, 0.15) is 11.3 Å². The van der Waals surface area contributed by atoms with E-state index >= 15 is 0 Å². The Morgan fingerprint density at radius 1 is 0.955 bits per heavy atom. The van der Waals surface area contributed by atoms with Crippen molar-refractivity contribution in [1.29, 1.82) is 0 Å². The van der Waals surface area contributed by atoms with Gasteiger partial charge in [-0.3, -0.25) is 0 Å². The fraction of sp³-hybridized carbons (Fsp3) is 0. The van der Waals surface area contributed by atoms with Crippen LogP contribution in [0.3, 0.4) is 0 Å². The minimum atomic E-state index is 0.743. The molecule has 4 aromatic rings. The van der Waals surface area contributed by atoms with E-state index in [1.54, 1.807) is 11.3 Å². The van der Waals surface area contributed by atoms with E-state index < -0.39 is 0 Å². The van der Waals surface area contributed by atoms with Crippen molar-refractivity contribution in [2.24, 2.45) is 0 Å². The Morgan fingerprint density at radius 2 is 1.91 bits per heavy atom. The molecule has 0 aliphatic heterocycles. The standard InChI is InChI=1S/C18H11N3S/c1-2-5-14(17-6-3-11-22-17)13(4-1)7-8-16-15-9-10-19-18(15)21-12-20-16/h1-6,9-12H,(H,19,20,21). The lowest BCUT2D eigenvalue weighted by Crippen LogP contribution is -1.87. The third-order valence-electron chi connectivity index (χ3n) is 3.38. The first-order valence-corrected chi connectivity index (χ1v) is 7.73. The molecule has 0 radical (unpaired) electrons. The van der Waals surface area contributed by atoms with Crippen molar-refractivity contribution in [3.05, 3.63) is 71.6 Å². The average molecular weight is 301 g/mol. The number of aromatic nitrogens is 3. The number of fused-ring (bicyclic) bond motifs is 1. The van der Waals surface area contributed by atoms with Gasteiger partial charge in [0.25, 0.3) is 0 Å². The van der Waals surface area contributed by atoms with E-state index in [1.807, 2.05) is 30.5 Å². The molecule has 4 rings (SSSR count). The summed E-state index contributed by atoms with van der Waals surface area (Å²) in [4.78, 5) is 12.8. The van der Waals surface area contributed by atoms with Crippen molar-refractivity contribution >= 4 is 22.4 Å². The molecule has 0 aliphatic rings. The van der Waals surface area contributed by atoms with Gasteiger partial charge in [0, 0.05) is 22.2 Å². The molecular formula is C18H11N3S. The Kier molecular flexibility index (Phi) is 3.19. The Labute approximate surface area is 131 Å². The third-order valence-corrected chi connectivity index (χ3v) is 4.29. The summed E-state index contributed by atoms with van der Waals surface area (Å²) in [5.74, 6) is 6.43. The van der Waals surface area contributed by atoms with Gasteiger partial charge in [-0.05, 0) is 29.5 Å². The molecule has 0 atom stereocenters. The van der Waals surface area contributed by atoms with Crippen molar-refractivity contribution in [2.75, 3.05) is 0 Å². The summed E-state index contributed by atoms with van der Waals surface area (Å²) in [7, 11) is 0. The molecule has 0 amide bonds. The number of nitrogens with zero attached hydrogens (tertiary/aromatic N) is 2. The Hall–Kier alpha value is -2.90. The maximum atomic E-state index is 4.28. The van der Waals surface area contributed by atoms with Gasteiger partial charge in [0.15, 0.2) is 0 Å². The van der Waals surface area contributed by atoms with Gasteiger partial charge in [0.2, 0.25) is 0 Å². The third kappa shape index (κ3) is 2.28. The molecule has 0 bridgehead atoms. The van der Waals surface area contributed by atoms with E-state index in [1.165, 1.54) is 11.2 Å². The van der Waals surface area contributed by atoms with Crippen LogP contribution in [0.4, 0.5) is 0 Å². The first-order valence-electron chi connectivity index (χ1n) is 6.85. The van der Waals surface area contributed by atoms with Crippen LogP contribution < -0.4 is 0 Å². The van der Waals surface area contributed by atoms with Crippen molar-refractivity contribution in [3.8, 4) is 22.3 Å². The molecule has 0 saturated heterocycles. The minimum absolute atomic E-state index is 0.743.